The van der Waals surface area contributed by atoms with Crippen LogP contribution in [0.5, 0.6) is 0 Å². The third-order valence-corrected chi connectivity index (χ3v) is 6.24. The zero-order valence-corrected chi connectivity index (χ0v) is 18.2. The quantitative estimate of drug-likeness (QED) is 0.728. The molecule has 0 N–H and O–H groups in total. The second-order valence-corrected chi connectivity index (χ2v) is 8.59. The smallest absolute Gasteiger partial charge is 0.229 e. The molecule has 0 atom stereocenters. The van der Waals surface area contributed by atoms with Gasteiger partial charge in [0.05, 0.1) is 11.1 Å². The van der Waals surface area contributed by atoms with Crippen LogP contribution in [-0.2, 0) is 4.79 Å². The highest BCUT2D eigenvalue weighted by Gasteiger charge is 2.33. The Morgan fingerprint density at radius 1 is 1.00 bits per heavy atom. The molecule has 0 unspecified atom stereocenters. The van der Waals surface area contributed by atoms with Crippen molar-refractivity contribution in [2.24, 2.45) is 5.41 Å². The number of hydrogen-bond acceptors (Lipinski definition) is 4. The van der Waals surface area contributed by atoms with Crippen molar-refractivity contribution in [3.05, 3.63) is 41.0 Å². The number of piperazine rings is 1. The molecule has 1 aliphatic rings. The highest BCUT2D eigenvalue weighted by molar-refractivity contribution is 6.19. The Hall–Kier alpha value is -2.14. The predicted octanol–water partition coefficient (Wildman–Crippen LogP) is 3.98. The van der Waals surface area contributed by atoms with Crippen molar-refractivity contribution in [1.29, 1.82) is 0 Å². The number of rotatable bonds is 4. The van der Waals surface area contributed by atoms with Crippen LogP contribution in [0.1, 0.15) is 30.5 Å². The zero-order valence-electron chi connectivity index (χ0n) is 17.4. The average Bonchev–Trinajstić information content (AvgIpc) is 2.70. The van der Waals surface area contributed by atoms with E-state index >= 15 is 0 Å². The summed E-state index contributed by atoms with van der Waals surface area (Å²) in [6.45, 7) is 13.0. The Morgan fingerprint density at radius 3 is 2.21 bits per heavy atom. The highest BCUT2D eigenvalue weighted by Crippen LogP contribution is 2.26. The minimum Gasteiger partial charge on any atom is -0.352 e. The molecule has 0 bridgehead atoms. The zero-order chi connectivity index (χ0) is 20.5. The van der Waals surface area contributed by atoms with E-state index in [2.05, 4.69) is 48.0 Å². The fraction of sp³-hybridized carbons (Fsp3) is 0.500. The number of benzene rings is 1. The molecule has 0 spiro atoms. The summed E-state index contributed by atoms with van der Waals surface area (Å²) in [6.07, 6.45) is 0. The van der Waals surface area contributed by atoms with Gasteiger partial charge in [-0.15, -0.1) is 21.8 Å². The number of nitrogens with zero attached hydrogens (tertiary/aromatic N) is 4. The molecular formula is C22H29ClN4O. The van der Waals surface area contributed by atoms with Crippen LogP contribution in [0.4, 0.5) is 5.82 Å². The summed E-state index contributed by atoms with van der Waals surface area (Å²) in [5, 5.41) is 8.93. The summed E-state index contributed by atoms with van der Waals surface area (Å²) >= 11 is 5.95. The third-order valence-electron chi connectivity index (χ3n) is 5.57. The van der Waals surface area contributed by atoms with E-state index < -0.39 is 5.41 Å². The van der Waals surface area contributed by atoms with E-state index in [4.69, 9.17) is 11.6 Å². The predicted molar refractivity (Wildman–Crippen MR) is 115 cm³/mol. The van der Waals surface area contributed by atoms with Crippen LogP contribution in [-0.4, -0.2) is 53.1 Å². The molecule has 0 radical (unpaired) electrons. The first-order chi connectivity index (χ1) is 13.2. The van der Waals surface area contributed by atoms with E-state index in [0.29, 0.717) is 19.0 Å². The lowest BCUT2D eigenvalue weighted by atomic mass is 9.94. The van der Waals surface area contributed by atoms with Crippen LogP contribution in [0.15, 0.2) is 24.3 Å². The number of halogens is 1. The van der Waals surface area contributed by atoms with Crippen molar-refractivity contribution in [3.63, 3.8) is 0 Å². The summed E-state index contributed by atoms with van der Waals surface area (Å²) in [6, 6.07) is 8.43. The Morgan fingerprint density at radius 2 is 1.64 bits per heavy atom. The first-order valence-corrected chi connectivity index (χ1v) is 10.3. The van der Waals surface area contributed by atoms with Gasteiger partial charge in [0, 0.05) is 37.6 Å². The second kappa shape index (κ2) is 8.08. The molecule has 6 heteroatoms. The van der Waals surface area contributed by atoms with Crippen molar-refractivity contribution in [2.75, 3.05) is 37.0 Å². The molecule has 1 aliphatic heterocycles. The maximum absolute atomic E-state index is 12.6. The van der Waals surface area contributed by atoms with Gasteiger partial charge in [-0.25, -0.2) is 0 Å². The topological polar surface area (TPSA) is 49.3 Å². The van der Waals surface area contributed by atoms with Gasteiger partial charge < -0.3 is 9.80 Å². The van der Waals surface area contributed by atoms with Gasteiger partial charge in [0.25, 0.3) is 0 Å². The van der Waals surface area contributed by atoms with Crippen molar-refractivity contribution in [2.45, 2.75) is 34.6 Å². The summed E-state index contributed by atoms with van der Waals surface area (Å²) in [4.78, 5) is 16.7. The van der Waals surface area contributed by atoms with Crippen molar-refractivity contribution in [3.8, 4) is 11.3 Å². The van der Waals surface area contributed by atoms with Crippen LogP contribution in [0.25, 0.3) is 11.3 Å². The minimum atomic E-state index is -0.519. The van der Waals surface area contributed by atoms with E-state index in [9.17, 15) is 4.79 Å². The number of carbonyl (C=O) groups is 1. The number of amides is 1. The Kier molecular flexibility index (Phi) is 5.94. The summed E-state index contributed by atoms with van der Waals surface area (Å²) in [7, 11) is 0. The second-order valence-electron chi connectivity index (χ2n) is 8.32. The molecule has 0 saturated carbocycles. The van der Waals surface area contributed by atoms with E-state index in [0.717, 1.165) is 30.2 Å². The molecule has 150 valence electrons. The highest BCUT2D eigenvalue weighted by atomic mass is 35.5. The van der Waals surface area contributed by atoms with Gasteiger partial charge >= 0.3 is 0 Å². The van der Waals surface area contributed by atoms with E-state index in [1.165, 1.54) is 16.7 Å². The first-order valence-electron chi connectivity index (χ1n) is 9.75. The molecule has 1 fully saturated rings. The number of aromatic nitrogens is 2. The van der Waals surface area contributed by atoms with Crippen LogP contribution in [0.3, 0.4) is 0 Å². The number of anilines is 1. The van der Waals surface area contributed by atoms with Gasteiger partial charge in [-0.05, 0) is 69.5 Å². The van der Waals surface area contributed by atoms with Crippen LogP contribution >= 0.6 is 11.6 Å². The first kappa shape index (κ1) is 20.6. The fourth-order valence-corrected chi connectivity index (χ4v) is 3.61. The van der Waals surface area contributed by atoms with Gasteiger partial charge in [-0.1, -0.05) is 6.07 Å². The van der Waals surface area contributed by atoms with E-state index in [-0.39, 0.29) is 5.91 Å². The van der Waals surface area contributed by atoms with Crippen LogP contribution < -0.4 is 4.90 Å². The van der Waals surface area contributed by atoms with Crippen molar-refractivity contribution in [1.82, 2.24) is 15.1 Å². The maximum Gasteiger partial charge on any atom is 0.229 e. The molecular weight excluding hydrogens is 372 g/mol. The van der Waals surface area contributed by atoms with Gasteiger partial charge in [-0.3, -0.25) is 4.79 Å². The SMILES string of the molecule is Cc1cc(C)c(-c2ccc(N3CCN(C(=O)C(C)(C)CCl)CC3)nn2)cc1C. The lowest BCUT2D eigenvalue weighted by Gasteiger charge is -2.38. The average molecular weight is 401 g/mol. The molecule has 2 heterocycles. The van der Waals surface area contributed by atoms with E-state index in [1.54, 1.807) is 0 Å². The molecule has 3 rings (SSSR count). The van der Waals surface area contributed by atoms with E-state index in [1.807, 2.05) is 30.9 Å². The molecule has 0 aliphatic carbocycles. The lowest BCUT2D eigenvalue weighted by molar-refractivity contribution is -0.139. The van der Waals surface area contributed by atoms with Crippen LogP contribution in [0.2, 0.25) is 0 Å². The van der Waals surface area contributed by atoms with Crippen molar-refractivity contribution >= 4 is 23.3 Å². The fourth-order valence-electron chi connectivity index (χ4n) is 3.50. The molecule has 1 amide bonds. The molecule has 1 saturated heterocycles. The van der Waals surface area contributed by atoms with Gasteiger partial charge in [0.2, 0.25) is 5.91 Å². The lowest BCUT2D eigenvalue weighted by Crippen LogP contribution is -2.52. The number of hydrogen-bond donors (Lipinski definition) is 0. The molecule has 1 aromatic carbocycles. The monoisotopic (exact) mass is 400 g/mol. The summed E-state index contributed by atoms with van der Waals surface area (Å²) in [5.74, 6) is 1.31. The largest absolute Gasteiger partial charge is 0.352 e. The van der Waals surface area contributed by atoms with Crippen molar-refractivity contribution < 1.29 is 4.79 Å². The maximum atomic E-state index is 12.6. The molecule has 1 aromatic heterocycles. The normalized spacial score (nSPS) is 15.1. The number of alkyl halides is 1. The summed E-state index contributed by atoms with van der Waals surface area (Å²) < 4.78 is 0. The Balaban J connectivity index is 1.69. The Labute approximate surface area is 172 Å². The number of aryl methyl sites for hydroxylation is 3. The minimum absolute atomic E-state index is 0.119. The van der Waals surface area contributed by atoms with Gasteiger partial charge in [0.1, 0.15) is 0 Å². The van der Waals surface area contributed by atoms with Gasteiger partial charge in [-0.2, -0.15) is 0 Å². The van der Waals surface area contributed by atoms with Gasteiger partial charge in [0.15, 0.2) is 5.82 Å². The number of carbonyl (C=O) groups excluding carboxylic acids is 1. The standard InChI is InChI=1S/C22H29ClN4O/c1-15-12-17(3)18(13-16(15)2)19-6-7-20(25-24-19)26-8-10-27(11-9-26)21(28)22(4,5)14-23/h6-7,12-13H,8-11,14H2,1-5H3. The van der Waals surface area contributed by atoms with Crippen LogP contribution in [0, 0.1) is 26.2 Å². The molecule has 28 heavy (non-hydrogen) atoms. The molecule has 2 aromatic rings. The summed E-state index contributed by atoms with van der Waals surface area (Å²) in [5.41, 5.74) is 5.25. The Bertz CT molecular complexity index is 856. The third kappa shape index (κ3) is 4.14. The molecule has 5 nitrogen and oxygen atoms in total.